The molecule has 0 fully saturated rings. The highest BCUT2D eigenvalue weighted by molar-refractivity contribution is 7.24. The van der Waals surface area contributed by atoms with E-state index in [0.29, 0.717) is 6.67 Å². The number of para-hydroxylation sites is 4. The molecule has 440 valence electrons. The molecule has 0 bridgehead atoms. The lowest BCUT2D eigenvalue weighted by molar-refractivity contribution is 0.483. The van der Waals surface area contributed by atoms with Gasteiger partial charge in [-0.25, -0.2) is 4.98 Å². The summed E-state index contributed by atoms with van der Waals surface area (Å²) in [5, 5.41) is 7.70. The van der Waals surface area contributed by atoms with Crippen molar-refractivity contribution >= 4 is 73.4 Å². The van der Waals surface area contributed by atoms with Crippen LogP contribution in [0.2, 0.25) is 0 Å². The van der Waals surface area contributed by atoms with Crippen molar-refractivity contribution in [2.45, 2.75) is 105 Å². The molecule has 0 N–H and O–H groups in total. The molecule has 1 spiro atoms. The first-order valence-electron chi connectivity index (χ1n) is 31.5. The lowest BCUT2D eigenvalue weighted by Crippen LogP contribution is -2.74. The van der Waals surface area contributed by atoms with Gasteiger partial charge in [-0.3, -0.25) is 4.57 Å². The van der Waals surface area contributed by atoms with E-state index in [0.717, 1.165) is 56.9 Å². The topological polar surface area (TPSA) is 42.8 Å². The summed E-state index contributed by atoms with van der Waals surface area (Å²) in [6.07, 6.45) is 1.97. The highest BCUT2D eigenvalue weighted by Crippen LogP contribution is 2.53. The molecule has 89 heavy (non-hydrogen) atoms. The van der Waals surface area contributed by atoms with Crippen molar-refractivity contribution in [3.05, 3.63) is 253 Å². The third-order valence-corrected chi connectivity index (χ3v) is 23.8. The van der Waals surface area contributed by atoms with Crippen molar-refractivity contribution in [2.75, 3.05) is 16.5 Å². The molecular weight excluding hydrogens is 1100 g/mol. The molecule has 12 aromatic rings. The molecule has 6 nitrogen and oxygen atoms in total. The van der Waals surface area contributed by atoms with Crippen LogP contribution in [0.15, 0.2) is 231 Å². The third-order valence-electron chi connectivity index (χ3n) is 19.0. The standard InChI is InChI=1S/C82H76N4O2Si/c1-79(2,3)56-40-41-83-75(47-56)86-67-30-23-35-73-76(67)77-68(86)49-62(50-74(77)89(73)71-33-20-18-31-69(71)88-70-32-19-21-34-72(70)89)87-61-27-22-26-60(48-61)84-51-85(66-29-17-16-28-65(66)84)78-63(54-38-36-53(37-39-54)52-24-14-13-15-25-52)45-59(82(10,11)12)46-64(78)55-42-57(80(4,5)6)44-58(43-55)81(7,8)9/h13-50H,51H2,1-12H3. The second-order valence-corrected chi connectivity index (χ2v) is 32.5. The van der Waals surface area contributed by atoms with E-state index < -0.39 is 8.07 Å². The molecule has 10 aromatic carbocycles. The summed E-state index contributed by atoms with van der Waals surface area (Å²) in [5.41, 5.74) is 18.7. The molecule has 2 aromatic heterocycles. The molecule has 5 heterocycles. The lowest BCUT2D eigenvalue weighted by Gasteiger charge is -2.38. The van der Waals surface area contributed by atoms with E-state index in [-0.39, 0.29) is 21.7 Å². The summed E-state index contributed by atoms with van der Waals surface area (Å²) in [6, 6.07) is 83.3. The van der Waals surface area contributed by atoms with Crippen LogP contribution in [0.25, 0.3) is 61.0 Å². The highest BCUT2D eigenvalue weighted by atomic mass is 28.3. The number of anilines is 4. The SMILES string of the molecule is CC(C)(C)c1cc(-c2cc(C(C)(C)C)cc(-c3ccc(-c4ccccc4)cc3)c2N2CN(c3cccc(Oc4cc5c6c7c(cccc7n(-c7cc(C(C)(C)C)ccn7)c6c4)[Si]54c5ccccc5Oc5ccccc54)c3)c3ccccc32)cc(C(C)(C)C)c1. The lowest BCUT2D eigenvalue weighted by atomic mass is 9.77. The first kappa shape index (κ1) is 56.1. The number of pyridine rings is 1. The Bertz CT molecular complexity index is 4740. The Kier molecular flexibility index (Phi) is 12.8. The quantitative estimate of drug-likeness (QED) is 0.142. The molecule has 7 heteroatoms. The molecule has 0 unspecified atom stereocenters. The fourth-order valence-electron chi connectivity index (χ4n) is 14.2. The molecular formula is C82H76N4O2Si. The van der Waals surface area contributed by atoms with Crippen molar-refractivity contribution in [1.29, 1.82) is 0 Å². The zero-order valence-corrected chi connectivity index (χ0v) is 54.3. The summed E-state index contributed by atoms with van der Waals surface area (Å²) >= 11 is 0. The van der Waals surface area contributed by atoms with Gasteiger partial charge in [0, 0.05) is 45.9 Å². The molecule has 3 aliphatic rings. The molecule has 3 aliphatic heterocycles. The summed E-state index contributed by atoms with van der Waals surface area (Å²) in [6.45, 7) is 28.4. The van der Waals surface area contributed by atoms with Gasteiger partial charge in [0.05, 0.1) is 28.1 Å². The van der Waals surface area contributed by atoms with Gasteiger partial charge in [-0.15, -0.1) is 0 Å². The molecule has 0 saturated heterocycles. The van der Waals surface area contributed by atoms with E-state index in [1.165, 1.54) is 92.8 Å². The highest BCUT2D eigenvalue weighted by Gasteiger charge is 2.54. The second kappa shape index (κ2) is 20.3. The summed E-state index contributed by atoms with van der Waals surface area (Å²) < 4.78 is 16.6. The minimum Gasteiger partial charge on any atom is -0.458 e. The van der Waals surface area contributed by atoms with E-state index in [4.69, 9.17) is 14.5 Å². The zero-order chi connectivity index (χ0) is 61.5. The predicted octanol–water partition coefficient (Wildman–Crippen LogP) is 19.2. The molecule has 0 radical (unpaired) electrons. The van der Waals surface area contributed by atoms with Crippen molar-refractivity contribution in [2.24, 2.45) is 0 Å². The maximum atomic E-state index is 7.42. The molecule has 0 aliphatic carbocycles. The number of nitrogens with zero attached hydrogens (tertiary/aromatic N) is 4. The van der Waals surface area contributed by atoms with Gasteiger partial charge in [0.15, 0.2) is 8.07 Å². The van der Waals surface area contributed by atoms with Crippen LogP contribution in [0.4, 0.5) is 22.7 Å². The Morgan fingerprint density at radius 2 is 0.933 bits per heavy atom. The molecule has 15 rings (SSSR count). The number of fused-ring (bicyclic) bond motifs is 7. The fraction of sp³-hybridized carbons (Fsp3) is 0.207. The van der Waals surface area contributed by atoms with E-state index >= 15 is 0 Å². The number of aromatic nitrogens is 2. The molecule has 0 saturated carbocycles. The maximum Gasteiger partial charge on any atom is 0.189 e. The number of rotatable bonds is 8. The Morgan fingerprint density at radius 1 is 0.393 bits per heavy atom. The van der Waals surface area contributed by atoms with Crippen LogP contribution >= 0.6 is 0 Å². The van der Waals surface area contributed by atoms with Gasteiger partial charge in [0.25, 0.3) is 0 Å². The Balaban J connectivity index is 0.898. The van der Waals surface area contributed by atoms with Gasteiger partial charge in [0.2, 0.25) is 0 Å². The van der Waals surface area contributed by atoms with Crippen LogP contribution in [0.3, 0.4) is 0 Å². The van der Waals surface area contributed by atoms with Gasteiger partial charge in [-0.2, -0.15) is 0 Å². The monoisotopic (exact) mass is 1180 g/mol. The van der Waals surface area contributed by atoms with Gasteiger partial charge >= 0.3 is 0 Å². The van der Waals surface area contributed by atoms with Gasteiger partial charge < -0.3 is 19.3 Å². The zero-order valence-electron chi connectivity index (χ0n) is 53.3. The first-order valence-corrected chi connectivity index (χ1v) is 33.5. The average Bonchev–Trinajstić information content (AvgIpc) is 1.51. The summed E-state index contributed by atoms with van der Waals surface area (Å²) in [5.74, 6) is 4.25. The predicted molar refractivity (Wildman–Crippen MR) is 375 cm³/mol. The summed E-state index contributed by atoms with van der Waals surface area (Å²) in [4.78, 5) is 10.2. The normalized spacial score (nSPS) is 14.2. The van der Waals surface area contributed by atoms with E-state index in [1.807, 2.05) is 6.20 Å². The van der Waals surface area contributed by atoms with Gasteiger partial charge in [-0.05, 0) is 160 Å². The smallest absolute Gasteiger partial charge is 0.189 e. The molecule has 0 atom stereocenters. The largest absolute Gasteiger partial charge is 0.458 e. The summed E-state index contributed by atoms with van der Waals surface area (Å²) in [7, 11) is -3.01. The van der Waals surface area contributed by atoms with Gasteiger partial charge in [-0.1, -0.05) is 223 Å². The Labute approximate surface area is 525 Å². The number of hydrogen-bond donors (Lipinski definition) is 0. The maximum absolute atomic E-state index is 7.42. The van der Waals surface area contributed by atoms with Crippen molar-refractivity contribution in [3.63, 3.8) is 0 Å². The number of hydrogen-bond acceptors (Lipinski definition) is 5. The molecule has 0 amide bonds. The fourth-order valence-corrected chi connectivity index (χ4v) is 19.6. The van der Waals surface area contributed by atoms with E-state index in [9.17, 15) is 0 Å². The number of benzene rings is 10. The minimum absolute atomic E-state index is 0.0761. The number of ether oxygens (including phenoxy) is 2. The average molecular weight is 1180 g/mol. The van der Waals surface area contributed by atoms with Crippen molar-refractivity contribution in [1.82, 2.24) is 9.55 Å². The Morgan fingerprint density at radius 3 is 1.58 bits per heavy atom. The van der Waals surface area contributed by atoms with Crippen LogP contribution in [0.5, 0.6) is 23.0 Å². The van der Waals surface area contributed by atoms with Crippen LogP contribution in [-0.4, -0.2) is 24.3 Å². The van der Waals surface area contributed by atoms with Crippen molar-refractivity contribution in [3.8, 4) is 62.2 Å². The first-order chi connectivity index (χ1) is 42.6. The third kappa shape index (κ3) is 9.22. The van der Waals surface area contributed by atoms with Crippen molar-refractivity contribution < 1.29 is 9.47 Å². The van der Waals surface area contributed by atoms with Gasteiger partial charge in [0.1, 0.15) is 35.5 Å². The van der Waals surface area contributed by atoms with E-state index in [1.54, 1.807) is 0 Å². The van der Waals surface area contributed by atoms with Crippen LogP contribution in [0.1, 0.15) is 105 Å². The Hall–Kier alpha value is -9.43. The van der Waals surface area contributed by atoms with Crippen LogP contribution in [0, 0.1) is 0 Å². The van der Waals surface area contributed by atoms with Crippen LogP contribution < -0.4 is 40.0 Å². The second-order valence-electron chi connectivity index (χ2n) is 28.9. The van der Waals surface area contributed by atoms with E-state index in [2.05, 4.69) is 322 Å². The van der Waals surface area contributed by atoms with Crippen LogP contribution in [-0.2, 0) is 21.7 Å². The minimum atomic E-state index is -3.01.